The summed E-state index contributed by atoms with van der Waals surface area (Å²) < 4.78 is 16.4. The smallest absolute Gasteiger partial charge is 0.358 e. The van der Waals surface area contributed by atoms with Crippen molar-refractivity contribution in [3.05, 3.63) is 68.7 Å². The molecular formula is C16H14BrFN6O3. The van der Waals surface area contributed by atoms with Crippen molar-refractivity contribution in [2.45, 2.75) is 19.5 Å². The van der Waals surface area contributed by atoms with Crippen LogP contribution in [0.3, 0.4) is 0 Å². The van der Waals surface area contributed by atoms with E-state index in [0.717, 1.165) is 5.56 Å². The van der Waals surface area contributed by atoms with E-state index in [4.69, 9.17) is 0 Å². The minimum atomic E-state index is -0.605. The topological polar surface area (TPSA) is 108 Å². The molecule has 1 amide bonds. The van der Waals surface area contributed by atoms with Crippen LogP contribution in [0.2, 0.25) is 0 Å². The van der Waals surface area contributed by atoms with Crippen LogP contribution in [0.25, 0.3) is 0 Å². The van der Waals surface area contributed by atoms with E-state index in [-0.39, 0.29) is 35.0 Å². The number of aromatic nitrogens is 4. The average Bonchev–Trinajstić information content (AvgIpc) is 3.19. The zero-order chi connectivity index (χ0) is 19.4. The summed E-state index contributed by atoms with van der Waals surface area (Å²) in [6, 6.07) is 7.82. The lowest BCUT2D eigenvalue weighted by Gasteiger charge is -2.03. The molecule has 0 unspecified atom stereocenters. The highest BCUT2D eigenvalue weighted by molar-refractivity contribution is 9.10. The van der Waals surface area contributed by atoms with E-state index in [0.29, 0.717) is 12.4 Å². The molecule has 1 aromatic carbocycles. The van der Waals surface area contributed by atoms with Crippen molar-refractivity contribution in [3.63, 3.8) is 0 Å². The van der Waals surface area contributed by atoms with Gasteiger partial charge in [0.1, 0.15) is 10.3 Å². The Balaban J connectivity index is 1.53. The Hall–Kier alpha value is -3.08. The van der Waals surface area contributed by atoms with Crippen LogP contribution in [0, 0.1) is 15.9 Å². The number of halogens is 2. The Morgan fingerprint density at radius 3 is 2.81 bits per heavy atom. The molecule has 0 aliphatic heterocycles. The summed E-state index contributed by atoms with van der Waals surface area (Å²) in [6.07, 6.45) is 3.19. The van der Waals surface area contributed by atoms with Crippen molar-refractivity contribution in [3.8, 4) is 0 Å². The second-order valence-corrected chi connectivity index (χ2v) is 6.50. The van der Waals surface area contributed by atoms with Gasteiger partial charge in [-0.3, -0.25) is 9.48 Å². The van der Waals surface area contributed by atoms with Gasteiger partial charge in [-0.15, -0.1) is 0 Å². The molecule has 0 radical (unpaired) electrons. The highest BCUT2D eigenvalue weighted by Gasteiger charge is 2.19. The first kappa shape index (κ1) is 18.7. The van der Waals surface area contributed by atoms with Crippen LogP contribution >= 0.6 is 15.9 Å². The maximum atomic E-state index is 13.2. The van der Waals surface area contributed by atoms with Gasteiger partial charge in [0, 0.05) is 18.7 Å². The molecule has 0 saturated heterocycles. The third-order valence-electron chi connectivity index (χ3n) is 3.58. The fourth-order valence-electron chi connectivity index (χ4n) is 2.39. The SMILES string of the molecule is O=C(CCn1cc(Br)c([N+](=O)[O-])n1)Nc1ccn(Cc2cccc(F)c2)n1. The van der Waals surface area contributed by atoms with Gasteiger partial charge in [0.25, 0.3) is 0 Å². The normalized spacial score (nSPS) is 10.7. The molecule has 3 rings (SSSR count). The third-order valence-corrected chi connectivity index (χ3v) is 4.14. The van der Waals surface area contributed by atoms with Crippen LogP contribution < -0.4 is 5.32 Å². The molecule has 0 aliphatic carbocycles. The van der Waals surface area contributed by atoms with Gasteiger partial charge in [0.15, 0.2) is 5.82 Å². The van der Waals surface area contributed by atoms with Gasteiger partial charge in [0.05, 0.1) is 24.4 Å². The number of nitro groups is 1. The molecule has 2 aromatic heterocycles. The quantitative estimate of drug-likeness (QED) is 0.452. The molecule has 0 saturated carbocycles. The molecular weight excluding hydrogens is 423 g/mol. The van der Waals surface area contributed by atoms with Crippen molar-refractivity contribution >= 4 is 33.5 Å². The second-order valence-electron chi connectivity index (χ2n) is 5.65. The van der Waals surface area contributed by atoms with Gasteiger partial charge in [-0.05, 0) is 38.5 Å². The monoisotopic (exact) mass is 436 g/mol. The number of nitrogens with zero attached hydrogens (tertiary/aromatic N) is 5. The van der Waals surface area contributed by atoms with Gasteiger partial charge < -0.3 is 15.4 Å². The molecule has 3 aromatic rings. The summed E-state index contributed by atoms with van der Waals surface area (Å²) in [4.78, 5) is 22.2. The van der Waals surface area contributed by atoms with E-state index in [1.807, 2.05) is 0 Å². The standard InChI is InChI=1S/C16H14BrFN6O3/c17-13-10-23(21-16(13)24(26)27)7-5-15(25)19-14-4-6-22(20-14)9-11-2-1-3-12(18)8-11/h1-4,6,8,10H,5,7,9H2,(H,19,20,25). The number of carbonyl (C=O) groups is 1. The van der Waals surface area contributed by atoms with Crippen LogP contribution in [0.5, 0.6) is 0 Å². The third kappa shape index (κ3) is 4.97. The summed E-state index contributed by atoms with van der Waals surface area (Å²) in [5, 5.41) is 21.4. The highest BCUT2D eigenvalue weighted by atomic mass is 79.9. The van der Waals surface area contributed by atoms with E-state index in [1.165, 1.54) is 23.0 Å². The summed E-state index contributed by atoms with van der Waals surface area (Å²) in [5.41, 5.74) is 0.752. The summed E-state index contributed by atoms with van der Waals surface area (Å²) in [7, 11) is 0. The van der Waals surface area contributed by atoms with Gasteiger partial charge in [-0.1, -0.05) is 12.1 Å². The predicted octanol–water partition coefficient (Wildman–Crippen LogP) is 2.97. The maximum absolute atomic E-state index is 13.2. The van der Waals surface area contributed by atoms with Crippen LogP contribution in [0.15, 0.2) is 47.2 Å². The van der Waals surface area contributed by atoms with Gasteiger partial charge in [-0.25, -0.2) is 4.39 Å². The van der Waals surface area contributed by atoms with Crippen molar-refractivity contribution in [2.24, 2.45) is 0 Å². The first-order chi connectivity index (χ1) is 12.9. The van der Waals surface area contributed by atoms with E-state index >= 15 is 0 Å². The predicted molar refractivity (Wildman–Crippen MR) is 97.6 cm³/mol. The second kappa shape index (κ2) is 8.08. The van der Waals surface area contributed by atoms with Crippen molar-refractivity contribution in [2.75, 3.05) is 5.32 Å². The molecule has 1 N–H and O–H groups in total. The Labute approximate surface area is 161 Å². The van der Waals surface area contributed by atoms with E-state index in [2.05, 4.69) is 31.4 Å². The summed E-state index contributed by atoms with van der Waals surface area (Å²) in [5.74, 6) is -0.561. The molecule has 0 atom stereocenters. The lowest BCUT2D eigenvalue weighted by molar-refractivity contribution is -0.390. The Morgan fingerprint density at radius 2 is 2.11 bits per heavy atom. The number of benzene rings is 1. The fourth-order valence-corrected chi connectivity index (χ4v) is 2.85. The highest BCUT2D eigenvalue weighted by Crippen LogP contribution is 2.22. The first-order valence-electron chi connectivity index (χ1n) is 7.86. The number of nitrogens with one attached hydrogen (secondary N) is 1. The van der Waals surface area contributed by atoms with Gasteiger partial charge in [-0.2, -0.15) is 9.78 Å². The van der Waals surface area contributed by atoms with E-state index in [1.54, 1.807) is 29.1 Å². The fraction of sp³-hybridized carbons (Fsp3) is 0.188. The zero-order valence-electron chi connectivity index (χ0n) is 13.9. The largest absolute Gasteiger partial charge is 0.404 e. The van der Waals surface area contributed by atoms with E-state index < -0.39 is 4.92 Å². The van der Waals surface area contributed by atoms with Gasteiger partial charge in [0.2, 0.25) is 5.91 Å². The Kier molecular flexibility index (Phi) is 5.60. The number of rotatable bonds is 7. The average molecular weight is 437 g/mol. The number of aryl methyl sites for hydroxylation is 1. The number of carbonyl (C=O) groups excluding carboxylic acids is 1. The number of amides is 1. The number of hydrogen-bond acceptors (Lipinski definition) is 5. The Morgan fingerprint density at radius 1 is 1.30 bits per heavy atom. The molecule has 27 heavy (non-hydrogen) atoms. The zero-order valence-corrected chi connectivity index (χ0v) is 15.5. The minimum absolute atomic E-state index is 0.0715. The molecule has 0 bridgehead atoms. The van der Waals surface area contributed by atoms with E-state index in [9.17, 15) is 19.3 Å². The van der Waals surface area contributed by atoms with Crippen molar-refractivity contribution < 1.29 is 14.1 Å². The molecule has 140 valence electrons. The van der Waals surface area contributed by atoms with Crippen LogP contribution in [-0.4, -0.2) is 30.4 Å². The summed E-state index contributed by atoms with van der Waals surface area (Å²) in [6.45, 7) is 0.556. The molecule has 9 nitrogen and oxygen atoms in total. The molecule has 0 spiro atoms. The Bertz CT molecular complexity index is 986. The van der Waals surface area contributed by atoms with Gasteiger partial charge >= 0.3 is 5.82 Å². The van der Waals surface area contributed by atoms with Crippen LogP contribution in [0.1, 0.15) is 12.0 Å². The summed E-state index contributed by atoms with van der Waals surface area (Å²) >= 11 is 3.05. The van der Waals surface area contributed by atoms with Crippen LogP contribution in [0.4, 0.5) is 16.0 Å². The lowest BCUT2D eigenvalue weighted by atomic mass is 10.2. The molecule has 0 fully saturated rings. The first-order valence-corrected chi connectivity index (χ1v) is 8.65. The number of anilines is 1. The van der Waals surface area contributed by atoms with Crippen molar-refractivity contribution in [1.82, 2.24) is 19.6 Å². The minimum Gasteiger partial charge on any atom is -0.358 e. The lowest BCUT2D eigenvalue weighted by Crippen LogP contribution is -2.15. The maximum Gasteiger partial charge on any atom is 0.404 e. The van der Waals surface area contributed by atoms with Crippen molar-refractivity contribution in [1.29, 1.82) is 0 Å². The van der Waals surface area contributed by atoms with Crippen LogP contribution in [-0.2, 0) is 17.9 Å². The number of hydrogen-bond donors (Lipinski definition) is 1. The molecule has 0 aliphatic rings. The molecule has 2 heterocycles. The molecule has 11 heteroatoms.